The number of rotatable bonds is 2. The molecule has 1 rings (SSSR count). The van der Waals surface area contributed by atoms with Crippen LogP contribution in [0.2, 0.25) is 0 Å². The zero-order chi connectivity index (χ0) is 8.43. The van der Waals surface area contributed by atoms with Crippen molar-refractivity contribution in [1.82, 2.24) is 9.55 Å². The van der Waals surface area contributed by atoms with Crippen LogP contribution in [0.1, 0.15) is 25.7 Å². The van der Waals surface area contributed by atoms with E-state index in [0.29, 0.717) is 11.9 Å². The predicted molar refractivity (Wildman–Crippen MR) is 46.2 cm³/mol. The fourth-order valence-corrected chi connectivity index (χ4v) is 1.75. The smallest absolute Gasteiger partial charge is 0.135 e. The lowest BCUT2D eigenvalue weighted by Gasteiger charge is -2.10. The molecule has 0 atom stereocenters. The van der Waals surface area contributed by atoms with Crippen LogP contribution in [0.4, 0.5) is 0 Å². The first-order valence-corrected chi connectivity index (χ1v) is 4.28. The van der Waals surface area contributed by atoms with Gasteiger partial charge in [0, 0.05) is 6.04 Å². The largest absolute Gasteiger partial charge is 0.388 e. The maximum atomic E-state index is 8.88. The number of hydrogen-bond donors (Lipinski definition) is 1. The van der Waals surface area contributed by atoms with Gasteiger partial charge < -0.3 is 9.67 Å². The maximum absolute atomic E-state index is 8.88. The van der Waals surface area contributed by atoms with Gasteiger partial charge in [0.1, 0.15) is 17.0 Å². The summed E-state index contributed by atoms with van der Waals surface area (Å²) in [4.78, 5) is 4.02. The fraction of sp³-hybridized carbons (Fsp3) is 0.571. The molecule has 0 saturated heterocycles. The molecule has 1 aromatic heterocycles. The Kier molecular flexibility index (Phi) is 2.67. The third-order valence-electron chi connectivity index (χ3n) is 1.49. The topological polar surface area (TPSA) is 38.0 Å². The highest BCUT2D eigenvalue weighted by Gasteiger charge is 2.08. The van der Waals surface area contributed by atoms with Gasteiger partial charge in [0.25, 0.3) is 0 Å². The second-order valence-electron chi connectivity index (χ2n) is 2.62. The van der Waals surface area contributed by atoms with E-state index in [0.717, 1.165) is 4.60 Å². The van der Waals surface area contributed by atoms with Crippen LogP contribution < -0.4 is 0 Å². The van der Waals surface area contributed by atoms with E-state index < -0.39 is 0 Å². The third-order valence-corrected chi connectivity index (χ3v) is 2.07. The van der Waals surface area contributed by atoms with Gasteiger partial charge in [-0.2, -0.15) is 0 Å². The lowest BCUT2D eigenvalue weighted by molar-refractivity contribution is 0.262. The third kappa shape index (κ3) is 1.62. The molecule has 0 amide bonds. The molecule has 62 valence electrons. The van der Waals surface area contributed by atoms with Crippen molar-refractivity contribution in [2.24, 2.45) is 0 Å². The number of imidazole rings is 1. The van der Waals surface area contributed by atoms with E-state index in [-0.39, 0.29) is 6.61 Å². The first-order valence-electron chi connectivity index (χ1n) is 3.49. The average molecular weight is 219 g/mol. The average Bonchev–Trinajstić information content (AvgIpc) is 2.30. The minimum Gasteiger partial charge on any atom is -0.388 e. The lowest BCUT2D eigenvalue weighted by Crippen LogP contribution is -2.06. The molecule has 4 heteroatoms. The molecule has 1 heterocycles. The molecule has 0 radical (unpaired) electrons. The predicted octanol–water partition coefficient (Wildman–Crippen LogP) is 1.72. The van der Waals surface area contributed by atoms with Crippen LogP contribution in [0, 0.1) is 0 Å². The number of aromatic nitrogens is 2. The van der Waals surface area contributed by atoms with Crippen LogP contribution in [0.15, 0.2) is 10.8 Å². The zero-order valence-corrected chi connectivity index (χ0v) is 8.17. The van der Waals surface area contributed by atoms with Crippen molar-refractivity contribution in [2.45, 2.75) is 26.5 Å². The van der Waals surface area contributed by atoms with Gasteiger partial charge in [-0.3, -0.25) is 0 Å². The molecule has 0 aliphatic rings. The van der Waals surface area contributed by atoms with Gasteiger partial charge in [0.05, 0.1) is 6.20 Å². The molecule has 0 unspecified atom stereocenters. The van der Waals surface area contributed by atoms with Crippen LogP contribution in [0.25, 0.3) is 0 Å². The summed E-state index contributed by atoms with van der Waals surface area (Å²) >= 11 is 3.35. The summed E-state index contributed by atoms with van der Waals surface area (Å²) < 4.78 is 2.86. The Morgan fingerprint density at radius 1 is 1.73 bits per heavy atom. The van der Waals surface area contributed by atoms with E-state index in [1.54, 1.807) is 6.20 Å². The van der Waals surface area contributed by atoms with E-state index in [1.165, 1.54) is 0 Å². The maximum Gasteiger partial charge on any atom is 0.135 e. The van der Waals surface area contributed by atoms with Crippen molar-refractivity contribution >= 4 is 15.9 Å². The van der Waals surface area contributed by atoms with Crippen molar-refractivity contribution in [3.63, 3.8) is 0 Å². The molecular weight excluding hydrogens is 208 g/mol. The molecule has 0 aliphatic carbocycles. The van der Waals surface area contributed by atoms with Crippen molar-refractivity contribution in [1.29, 1.82) is 0 Å². The summed E-state index contributed by atoms with van der Waals surface area (Å²) in [5, 5.41) is 8.88. The summed E-state index contributed by atoms with van der Waals surface area (Å²) in [5.74, 6) is 0.701. The Bertz CT molecular complexity index is 245. The van der Waals surface area contributed by atoms with Gasteiger partial charge in [-0.15, -0.1) is 0 Å². The molecule has 0 aliphatic heterocycles. The van der Waals surface area contributed by atoms with Crippen LogP contribution in [0.3, 0.4) is 0 Å². The fourth-order valence-electron chi connectivity index (χ4n) is 1.04. The van der Waals surface area contributed by atoms with E-state index in [4.69, 9.17) is 5.11 Å². The summed E-state index contributed by atoms with van der Waals surface area (Å²) in [5.41, 5.74) is 0. The van der Waals surface area contributed by atoms with Crippen molar-refractivity contribution < 1.29 is 5.11 Å². The molecule has 3 nitrogen and oxygen atoms in total. The molecular formula is C7H11BrN2O. The van der Waals surface area contributed by atoms with Gasteiger partial charge >= 0.3 is 0 Å². The Hall–Kier alpha value is -0.350. The highest BCUT2D eigenvalue weighted by Crippen LogP contribution is 2.18. The summed E-state index contributed by atoms with van der Waals surface area (Å²) in [6, 6.07) is 0.328. The Morgan fingerprint density at radius 2 is 2.36 bits per heavy atom. The molecule has 0 fully saturated rings. The van der Waals surface area contributed by atoms with Crippen molar-refractivity contribution in [3.05, 3.63) is 16.6 Å². The van der Waals surface area contributed by atoms with Gasteiger partial charge in [0.2, 0.25) is 0 Å². The monoisotopic (exact) mass is 218 g/mol. The van der Waals surface area contributed by atoms with Crippen molar-refractivity contribution in [2.75, 3.05) is 0 Å². The standard InChI is InChI=1S/C7H11BrN2O/c1-5(2)10-6(8)3-9-7(10)4-11/h3,5,11H,4H2,1-2H3. The Balaban J connectivity index is 3.07. The first-order chi connectivity index (χ1) is 5.16. The van der Waals surface area contributed by atoms with Gasteiger partial charge in [0.15, 0.2) is 0 Å². The quantitative estimate of drug-likeness (QED) is 0.822. The molecule has 1 aromatic rings. The second-order valence-corrected chi connectivity index (χ2v) is 3.43. The number of hydrogen-bond acceptors (Lipinski definition) is 2. The highest BCUT2D eigenvalue weighted by molar-refractivity contribution is 9.10. The minimum absolute atomic E-state index is 0.0101. The van der Waals surface area contributed by atoms with E-state index in [2.05, 4.69) is 20.9 Å². The molecule has 0 saturated carbocycles. The van der Waals surface area contributed by atoms with Crippen molar-refractivity contribution in [3.8, 4) is 0 Å². The van der Waals surface area contributed by atoms with Gasteiger partial charge in [-0.25, -0.2) is 4.98 Å². The number of halogens is 1. The lowest BCUT2D eigenvalue weighted by atomic mass is 10.4. The molecule has 0 aromatic carbocycles. The minimum atomic E-state index is -0.0101. The van der Waals surface area contributed by atoms with E-state index >= 15 is 0 Å². The first kappa shape index (κ1) is 8.74. The summed E-state index contributed by atoms with van der Waals surface area (Å²) in [7, 11) is 0. The number of aliphatic hydroxyl groups excluding tert-OH is 1. The summed E-state index contributed by atoms with van der Waals surface area (Å²) in [6.45, 7) is 4.08. The van der Waals surface area contributed by atoms with Crippen LogP contribution >= 0.6 is 15.9 Å². The summed E-state index contributed by atoms with van der Waals surface area (Å²) in [6.07, 6.45) is 1.70. The van der Waals surface area contributed by atoms with Gasteiger partial charge in [-0.05, 0) is 29.8 Å². The highest BCUT2D eigenvalue weighted by atomic mass is 79.9. The Morgan fingerprint density at radius 3 is 2.73 bits per heavy atom. The molecule has 0 bridgehead atoms. The molecule has 11 heavy (non-hydrogen) atoms. The van der Waals surface area contributed by atoms with Gasteiger partial charge in [-0.1, -0.05) is 0 Å². The van der Waals surface area contributed by atoms with Crippen LogP contribution in [-0.2, 0) is 6.61 Å². The van der Waals surface area contributed by atoms with Crippen LogP contribution in [-0.4, -0.2) is 14.7 Å². The number of nitrogens with zero attached hydrogens (tertiary/aromatic N) is 2. The molecule has 1 N–H and O–H groups in total. The van der Waals surface area contributed by atoms with E-state index in [1.807, 2.05) is 18.4 Å². The SMILES string of the molecule is CC(C)n1c(Br)cnc1CO. The zero-order valence-electron chi connectivity index (χ0n) is 6.58. The Labute approximate surface area is 74.2 Å². The normalized spacial score (nSPS) is 11.0. The number of aliphatic hydroxyl groups is 1. The second kappa shape index (κ2) is 3.36. The van der Waals surface area contributed by atoms with E-state index in [9.17, 15) is 0 Å². The van der Waals surface area contributed by atoms with Crippen LogP contribution in [0.5, 0.6) is 0 Å². The molecule has 0 spiro atoms.